The zero-order valence-corrected chi connectivity index (χ0v) is 17.7. The smallest absolute Gasteiger partial charge is 0.322 e. The first kappa shape index (κ1) is 20.2. The van der Waals surface area contributed by atoms with Crippen LogP contribution < -0.4 is 15.4 Å². The van der Waals surface area contributed by atoms with Crippen LogP contribution in [0.2, 0.25) is 0 Å². The molecule has 6 nitrogen and oxygen atoms in total. The van der Waals surface area contributed by atoms with Gasteiger partial charge in [0.15, 0.2) is 0 Å². The van der Waals surface area contributed by atoms with Crippen LogP contribution in [0.25, 0.3) is 10.9 Å². The molecule has 2 N–H and O–H groups in total. The summed E-state index contributed by atoms with van der Waals surface area (Å²) >= 11 is 1.64. The van der Waals surface area contributed by atoms with Gasteiger partial charge in [-0.05, 0) is 56.7 Å². The Morgan fingerprint density at radius 3 is 2.60 bits per heavy atom. The number of nitrogens with zero attached hydrogens (tertiary/aromatic N) is 1. The van der Waals surface area contributed by atoms with Gasteiger partial charge in [-0.25, -0.2) is 4.79 Å². The Morgan fingerprint density at radius 2 is 1.87 bits per heavy atom. The van der Waals surface area contributed by atoms with Gasteiger partial charge in [-0.15, -0.1) is 11.8 Å². The van der Waals surface area contributed by atoms with Crippen LogP contribution in [-0.4, -0.2) is 28.2 Å². The largest absolute Gasteiger partial charge is 0.489 e. The minimum Gasteiger partial charge on any atom is -0.489 e. The van der Waals surface area contributed by atoms with E-state index in [-0.39, 0.29) is 5.91 Å². The summed E-state index contributed by atoms with van der Waals surface area (Å²) in [4.78, 5) is 28.8. The number of benzene rings is 2. The summed E-state index contributed by atoms with van der Waals surface area (Å²) in [5.41, 5.74) is 2.23. The number of fused-ring (bicyclic) bond motifs is 1. The maximum absolute atomic E-state index is 11.9. The molecular weight excluding hydrogens is 398 g/mol. The van der Waals surface area contributed by atoms with Crippen molar-refractivity contribution in [1.29, 1.82) is 0 Å². The summed E-state index contributed by atoms with van der Waals surface area (Å²) in [6.07, 6.45) is 0.557. The summed E-state index contributed by atoms with van der Waals surface area (Å²) in [5, 5.41) is 6.08. The molecule has 1 aliphatic rings. The molecule has 0 spiro atoms. The second kappa shape index (κ2) is 8.36. The van der Waals surface area contributed by atoms with Gasteiger partial charge in [-0.1, -0.05) is 18.2 Å². The molecule has 1 fully saturated rings. The Balaban J connectivity index is 1.33. The molecule has 154 valence electrons. The van der Waals surface area contributed by atoms with E-state index in [1.54, 1.807) is 18.7 Å². The molecule has 1 aliphatic heterocycles. The van der Waals surface area contributed by atoms with Gasteiger partial charge in [-0.2, -0.15) is 0 Å². The number of hydrogen-bond acceptors (Lipinski definition) is 5. The highest BCUT2D eigenvalue weighted by Gasteiger charge is 2.41. The number of carbonyl (C=O) groups is 2. The number of thioether (sulfide) groups is 1. The van der Waals surface area contributed by atoms with Crippen molar-refractivity contribution in [2.45, 2.75) is 37.3 Å². The Labute approximate surface area is 179 Å². The average molecular weight is 422 g/mol. The predicted molar refractivity (Wildman–Crippen MR) is 118 cm³/mol. The molecule has 0 aliphatic carbocycles. The van der Waals surface area contributed by atoms with Gasteiger partial charge in [0, 0.05) is 27.3 Å². The predicted octanol–water partition coefficient (Wildman–Crippen LogP) is 4.20. The van der Waals surface area contributed by atoms with Crippen molar-refractivity contribution in [3.63, 3.8) is 0 Å². The number of rotatable bonds is 7. The van der Waals surface area contributed by atoms with Gasteiger partial charge >= 0.3 is 6.03 Å². The number of imide groups is 1. The summed E-state index contributed by atoms with van der Waals surface area (Å²) in [5.74, 6) is 1.25. The molecular formula is C23H23N3O3S. The molecule has 4 rings (SSSR count). The molecule has 3 amide bonds. The van der Waals surface area contributed by atoms with E-state index in [9.17, 15) is 9.59 Å². The molecule has 3 aromatic rings. The van der Waals surface area contributed by atoms with Crippen molar-refractivity contribution in [1.82, 2.24) is 15.6 Å². The van der Waals surface area contributed by atoms with Crippen LogP contribution in [0, 0.1) is 6.92 Å². The zero-order valence-electron chi connectivity index (χ0n) is 16.9. The van der Waals surface area contributed by atoms with Crippen molar-refractivity contribution >= 4 is 34.6 Å². The molecule has 7 heteroatoms. The van der Waals surface area contributed by atoms with Gasteiger partial charge in [0.05, 0.1) is 5.52 Å². The quantitative estimate of drug-likeness (QED) is 0.441. The van der Waals surface area contributed by atoms with Crippen LogP contribution in [0.3, 0.4) is 0 Å². The molecule has 30 heavy (non-hydrogen) atoms. The van der Waals surface area contributed by atoms with Crippen molar-refractivity contribution in [2.24, 2.45) is 0 Å². The second-order valence-electron chi connectivity index (χ2n) is 7.54. The van der Waals surface area contributed by atoms with Gasteiger partial charge in [-0.3, -0.25) is 15.1 Å². The maximum atomic E-state index is 11.9. The normalized spacial score (nSPS) is 18.3. The number of aryl methyl sites for hydroxylation is 1. The van der Waals surface area contributed by atoms with Crippen LogP contribution in [0.5, 0.6) is 5.75 Å². The molecule has 0 saturated carbocycles. The van der Waals surface area contributed by atoms with E-state index in [0.717, 1.165) is 32.8 Å². The van der Waals surface area contributed by atoms with Crippen LogP contribution in [0.1, 0.15) is 24.6 Å². The number of hydrogen-bond donors (Lipinski definition) is 2. The van der Waals surface area contributed by atoms with E-state index in [2.05, 4.69) is 27.8 Å². The van der Waals surface area contributed by atoms with E-state index in [0.29, 0.717) is 18.8 Å². The SMILES string of the molecule is Cc1cc(COc2ccc(SCCC3(C)NC(=O)NC3=O)cc2)c2ccccc2n1. The van der Waals surface area contributed by atoms with Crippen molar-refractivity contribution < 1.29 is 14.3 Å². The highest BCUT2D eigenvalue weighted by Crippen LogP contribution is 2.26. The number of para-hydroxylation sites is 1. The van der Waals surface area contributed by atoms with Gasteiger partial charge < -0.3 is 10.1 Å². The molecule has 0 bridgehead atoms. The number of carbonyl (C=O) groups excluding carboxylic acids is 2. The Morgan fingerprint density at radius 1 is 1.10 bits per heavy atom. The minimum atomic E-state index is -0.835. The molecule has 1 unspecified atom stereocenters. The fourth-order valence-corrected chi connectivity index (χ4v) is 4.51. The minimum absolute atomic E-state index is 0.268. The first-order valence-electron chi connectivity index (χ1n) is 9.77. The lowest BCUT2D eigenvalue weighted by Crippen LogP contribution is -2.44. The van der Waals surface area contributed by atoms with Crippen LogP contribution >= 0.6 is 11.8 Å². The van der Waals surface area contributed by atoms with E-state index in [4.69, 9.17) is 4.74 Å². The topological polar surface area (TPSA) is 80.3 Å². The van der Waals surface area contributed by atoms with Crippen LogP contribution in [0.15, 0.2) is 59.5 Å². The molecule has 2 heterocycles. The Kier molecular flexibility index (Phi) is 5.63. The van der Waals surface area contributed by atoms with Gasteiger partial charge in [0.1, 0.15) is 17.9 Å². The molecule has 2 aromatic carbocycles. The molecule has 1 aromatic heterocycles. The van der Waals surface area contributed by atoms with Crippen molar-refractivity contribution in [3.8, 4) is 5.75 Å². The summed E-state index contributed by atoms with van der Waals surface area (Å²) in [6, 6.07) is 17.6. The van der Waals surface area contributed by atoms with E-state index in [1.807, 2.05) is 49.4 Å². The molecule has 0 radical (unpaired) electrons. The summed E-state index contributed by atoms with van der Waals surface area (Å²) in [7, 11) is 0. The lowest BCUT2D eigenvalue weighted by Gasteiger charge is -2.19. The number of urea groups is 1. The zero-order chi connectivity index (χ0) is 21.1. The fourth-order valence-electron chi connectivity index (χ4n) is 3.44. The second-order valence-corrected chi connectivity index (χ2v) is 8.71. The number of nitrogens with one attached hydrogen (secondary N) is 2. The summed E-state index contributed by atoms with van der Waals surface area (Å²) < 4.78 is 6.00. The highest BCUT2D eigenvalue weighted by atomic mass is 32.2. The lowest BCUT2D eigenvalue weighted by molar-refractivity contribution is -0.123. The van der Waals surface area contributed by atoms with Crippen LogP contribution in [-0.2, 0) is 11.4 Å². The van der Waals surface area contributed by atoms with Crippen molar-refractivity contribution in [3.05, 3.63) is 65.9 Å². The lowest BCUT2D eigenvalue weighted by atomic mass is 10.00. The van der Waals surface area contributed by atoms with Gasteiger partial charge in [0.25, 0.3) is 5.91 Å². The summed E-state index contributed by atoms with van der Waals surface area (Å²) in [6.45, 7) is 4.21. The Hall–Kier alpha value is -3.06. The van der Waals surface area contributed by atoms with Crippen molar-refractivity contribution in [2.75, 3.05) is 5.75 Å². The number of aromatic nitrogens is 1. The van der Waals surface area contributed by atoms with Gasteiger partial charge in [0.2, 0.25) is 0 Å². The standard InChI is InChI=1S/C23H23N3O3S/c1-15-13-16(19-5-3-4-6-20(19)24-15)14-29-17-7-9-18(10-8-17)30-12-11-23(2)21(27)25-22(28)26-23/h3-10,13H,11-12,14H2,1-2H3,(H2,25,26,27,28). The maximum Gasteiger partial charge on any atom is 0.322 e. The molecule has 1 saturated heterocycles. The third-order valence-corrected chi connectivity index (χ3v) is 6.15. The Bertz CT molecular complexity index is 1100. The first-order valence-corrected chi connectivity index (χ1v) is 10.8. The third kappa shape index (κ3) is 4.41. The van der Waals surface area contributed by atoms with Crippen LogP contribution in [0.4, 0.5) is 4.79 Å². The van der Waals surface area contributed by atoms with E-state index < -0.39 is 11.6 Å². The number of pyridine rings is 1. The number of ether oxygens (including phenoxy) is 1. The fraction of sp³-hybridized carbons (Fsp3) is 0.261. The highest BCUT2D eigenvalue weighted by molar-refractivity contribution is 7.99. The van der Waals surface area contributed by atoms with E-state index in [1.165, 1.54) is 0 Å². The monoisotopic (exact) mass is 421 g/mol. The molecule has 1 atom stereocenters. The average Bonchev–Trinajstić information content (AvgIpc) is 2.98. The van der Waals surface area contributed by atoms with E-state index >= 15 is 0 Å². The third-order valence-electron chi connectivity index (χ3n) is 5.14. The number of amides is 3. The first-order chi connectivity index (χ1) is 14.4.